The summed E-state index contributed by atoms with van der Waals surface area (Å²) in [7, 11) is 0. The van der Waals surface area contributed by atoms with Crippen LogP contribution in [0.3, 0.4) is 0 Å². The molecular weight excluding hydrogens is 239 g/mol. The van der Waals surface area contributed by atoms with E-state index in [1.165, 1.54) is 12.1 Å². The van der Waals surface area contributed by atoms with Gasteiger partial charge in [0.1, 0.15) is 11.5 Å². The fourth-order valence-corrected chi connectivity index (χ4v) is 2.05. The third-order valence-corrected chi connectivity index (χ3v) is 2.97. The Labute approximate surface area is 104 Å². The lowest BCUT2D eigenvalue weighted by Gasteiger charge is -2.16. The Bertz CT molecular complexity index is 431. The Hall–Kier alpha value is -1.69. The number of ether oxygens (including phenoxy) is 1. The highest BCUT2D eigenvalue weighted by molar-refractivity contribution is 5.61. The van der Waals surface area contributed by atoms with Crippen molar-refractivity contribution in [1.82, 2.24) is 0 Å². The van der Waals surface area contributed by atoms with Gasteiger partial charge in [-0.2, -0.15) is 0 Å². The molecule has 5 nitrogen and oxygen atoms in total. The first-order valence-corrected chi connectivity index (χ1v) is 5.95. The molecule has 0 spiro atoms. The number of rotatable bonds is 3. The molecule has 98 valence electrons. The molecule has 0 aliphatic carbocycles. The minimum absolute atomic E-state index is 0.136. The summed E-state index contributed by atoms with van der Waals surface area (Å²) in [5.41, 5.74) is 0.147. The lowest BCUT2D eigenvalue weighted by molar-refractivity contribution is -0.384. The summed E-state index contributed by atoms with van der Waals surface area (Å²) in [5.74, 6) is -0.601. The fraction of sp³-hybridized carbons (Fsp3) is 0.500. The second kappa shape index (κ2) is 5.77. The van der Waals surface area contributed by atoms with Gasteiger partial charge in [-0.15, -0.1) is 0 Å². The molecule has 0 radical (unpaired) electrons. The zero-order valence-electron chi connectivity index (χ0n) is 9.89. The third kappa shape index (κ3) is 3.16. The molecule has 2 rings (SSSR count). The number of nitrogens with one attached hydrogen (secondary N) is 1. The summed E-state index contributed by atoms with van der Waals surface area (Å²) < 4.78 is 18.3. The van der Waals surface area contributed by atoms with Crippen molar-refractivity contribution in [2.75, 3.05) is 18.5 Å². The summed E-state index contributed by atoms with van der Waals surface area (Å²) >= 11 is 0. The average Bonchev–Trinajstić information content (AvgIpc) is 2.60. The Morgan fingerprint density at radius 1 is 1.39 bits per heavy atom. The van der Waals surface area contributed by atoms with E-state index in [9.17, 15) is 14.5 Å². The van der Waals surface area contributed by atoms with Crippen LogP contribution in [0.1, 0.15) is 19.3 Å². The monoisotopic (exact) mass is 254 g/mol. The Morgan fingerprint density at radius 2 is 2.22 bits per heavy atom. The highest BCUT2D eigenvalue weighted by Crippen LogP contribution is 2.27. The van der Waals surface area contributed by atoms with Gasteiger partial charge >= 0.3 is 0 Å². The van der Waals surface area contributed by atoms with Gasteiger partial charge in [0.2, 0.25) is 0 Å². The molecule has 0 bridgehead atoms. The first kappa shape index (κ1) is 12.8. The van der Waals surface area contributed by atoms with Gasteiger partial charge in [0, 0.05) is 19.3 Å². The first-order chi connectivity index (χ1) is 8.66. The summed E-state index contributed by atoms with van der Waals surface area (Å²) in [6, 6.07) is 3.72. The van der Waals surface area contributed by atoms with E-state index in [1.807, 2.05) is 0 Å². The maximum Gasteiger partial charge on any atom is 0.295 e. The SMILES string of the molecule is O=[N+]([O-])c1cc(F)ccc1NC1CCCOCC1. The van der Waals surface area contributed by atoms with Crippen molar-refractivity contribution in [3.63, 3.8) is 0 Å². The molecule has 0 saturated carbocycles. The van der Waals surface area contributed by atoms with Crippen LogP contribution in [0.5, 0.6) is 0 Å². The number of hydrogen-bond acceptors (Lipinski definition) is 4. The number of nitro groups is 1. The van der Waals surface area contributed by atoms with Crippen molar-refractivity contribution in [2.45, 2.75) is 25.3 Å². The molecule has 1 unspecified atom stereocenters. The molecule has 0 aromatic heterocycles. The van der Waals surface area contributed by atoms with Crippen LogP contribution in [-0.4, -0.2) is 24.2 Å². The minimum atomic E-state index is -0.601. The molecule has 18 heavy (non-hydrogen) atoms. The van der Waals surface area contributed by atoms with E-state index >= 15 is 0 Å². The van der Waals surface area contributed by atoms with Crippen LogP contribution in [0.25, 0.3) is 0 Å². The van der Waals surface area contributed by atoms with E-state index in [0.29, 0.717) is 12.3 Å². The van der Waals surface area contributed by atoms with Crippen LogP contribution in [0, 0.1) is 15.9 Å². The molecule has 1 saturated heterocycles. The molecule has 1 aliphatic heterocycles. The topological polar surface area (TPSA) is 64.4 Å². The predicted octanol–water partition coefficient (Wildman–Crippen LogP) is 2.71. The standard InChI is InChI=1S/C12H15FN2O3/c13-9-3-4-11(12(8-9)15(16)17)14-10-2-1-6-18-7-5-10/h3-4,8,10,14H,1-2,5-7H2. The average molecular weight is 254 g/mol. The van der Waals surface area contributed by atoms with Crippen molar-refractivity contribution in [3.05, 3.63) is 34.1 Å². The molecule has 1 heterocycles. The molecule has 0 amide bonds. The third-order valence-electron chi connectivity index (χ3n) is 2.97. The van der Waals surface area contributed by atoms with Crippen molar-refractivity contribution >= 4 is 11.4 Å². The summed E-state index contributed by atoms with van der Waals surface area (Å²) in [6.45, 7) is 1.37. The number of hydrogen-bond donors (Lipinski definition) is 1. The van der Waals surface area contributed by atoms with Crippen molar-refractivity contribution in [2.24, 2.45) is 0 Å². The van der Waals surface area contributed by atoms with Gasteiger partial charge in [-0.05, 0) is 31.4 Å². The molecule has 1 aliphatic rings. The summed E-state index contributed by atoms with van der Waals surface area (Å²) in [5, 5.41) is 14.0. The highest BCUT2D eigenvalue weighted by Gasteiger charge is 2.19. The number of anilines is 1. The van der Waals surface area contributed by atoms with E-state index in [-0.39, 0.29) is 11.7 Å². The van der Waals surface area contributed by atoms with Crippen molar-refractivity contribution in [3.8, 4) is 0 Å². The van der Waals surface area contributed by atoms with Gasteiger partial charge in [0.05, 0.1) is 11.0 Å². The smallest absolute Gasteiger partial charge is 0.295 e. The Kier molecular flexibility index (Phi) is 4.09. The summed E-state index contributed by atoms with van der Waals surface area (Å²) in [4.78, 5) is 10.3. The molecule has 1 N–H and O–H groups in total. The van der Waals surface area contributed by atoms with Crippen LogP contribution in [0.4, 0.5) is 15.8 Å². The zero-order chi connectivity index (χ0) is 13.0. The molecule has 1 atom stereocenters. The van der Waals surface area contributed by atoms with Crippen LogP contribution in [0.15, 0.2) is 18.2 Å². The number of nitro benzene ring substituents is 1. The fourth-order valence-electron chi connectivity index (χ4n) is 2.05. The van der Waals surface area contributed by atoms with Gasteiger partial charge in [0.15, 0.2) is 0 Å². The lowest BCUT2D eigenvalue weighted by atomic mass is 10.1. The highest BCUT2D eigenvalue weighted by atomic mass is 19.1. The van der Waals surface area contributed by atoms with Crippen LogP contribution in [0.2, 0.25) is 0 Å². The quantitative estimate of drug-likeness (QED) is 0.665. The van der Waals surface area contributed by atoms with Crippen LogP contribution in [-0.2, 0) is 4.74 Å². The zero-order valence-corrected chi connectivity index (χ0v) is 9.89. The van der Waals surface area contributed by atoms with E-state index in [4.69, 9.17) is 4.74 Å². The maximum absolute atomic E-state index is 13.0. The minimum Gasteiger partial charge on any atom is -0.381 e. The number of benzene rings is 1. The van der Waals surface area contributed by atoms with E-state index in [0.717, 1.165) is 31.9 Å². The number of nitrogens with zero attached hydrogens (tertiary/aromatic N) is 1. The molecular formula is C12H15FN2O3. The molecule has 6 heteroatoms. The van der Waals surface area contributed by atoms with Crippen molar-refractivity contribution in [1.29, 1.82) is 0 Å². The maximum atomic E-state index is 13.0. The van der Waals surface area contributed by atoms with Gasteiger partial charge in [-0.3, -0.25) is 10.1 Å². The summed E-state index contributed by atoms with van der Waals surface area (Å²) in [6.07, 6.45) is 2.62. The Balaban J connectivity index is 2.14. The van der Waals surface area contributed by atoms with E-state index in [1.54, 1.807) is 0 Å². The van der Waals surface area contributed by atoms with Gasteiger partial charge in [0.25, 0.3) is 5.69 Å². The lowest BCUT2D eigenvalue weighted by Crippen LogP contribution is -2.20. The molecule has 1 fully saturated rings. The second-order valence-electron chi connectivity index (χ2n) is 4.30. The Morgan fingerprint density at radius 3 is 3.00 bits per heavy atom. The normalized spacial score (nSPS) is 20.2. The van der Waals surface area contributed by atoms with Gasteiger partial charge in [-0.1, -0.05) is 0 Å². The van der Waals surface area contributed by atoms with Gasteiger partial charge < -0.3 is 10.1 Å². The first-order valence-electron chi connectivity index (χ1n) is 5.95. The van der Waals surface area contributed by atoms with Crippen LogP contribution >= 0.6 is 0 Å². The van der Waals surface area contributed by atoms with E-state index < -0.39 is 10.7 Å². The molecule has 1 aromatic rings. The van der Waals surface area contributed by atoms with E-state index in [2.05, 4.69) is 5.32 Å². The second-order valence-corrected chi connectivity index (χ2v) is 4.30. The predicted molar refractivity (Wildman–Crippen MR) is 65.1 cm³/mol. The van der Waals surface area contributed by atoms with Crippen LogP contribution < -0.4 is 5.32 Å². The van der Waals surface area contributed by atoms with Crippen molar-refractivity contribution < 1.29 is 14.1 Å². The largest absolute Gasteiger partial charge is 0.381 e. The number of halogens is 1. The van der Waals surface area contributed by atoms with Gasteiger partial charge in [-0.25, -0.2) is 4.39 Å². The molecule has 1 aromatic carbocycles.